The van der Waals surface area contributed by atoms with Crippen LogP contribution in [0.4, 0.5) is 11.4 Å². The Bertz CT molecular complexity index is 894. The highest BCUT2D eigenvalue weighted by atomic mass is 35.5. The number of benzene rings is 2. The lowest BCUT2D eigenvalue weighted by Crippen LogP contribution is -2.12. The minimum Gasteiger partial charge on any atom is -0.322 e. The van der Waals surface area contributed by atoms with E-state index in [-0.39, 0.29) is 16.3 Å². The third kappa shape index (κ3) is 3.23. The summed E-state index contributed by atoms with van der Waals surface area (Å²) in [6.07, 6.45) is 1.40. The Labute approximate surface area is 140 Å². The first kappa shape index (κ1) is 15.6. The number of hydrogen-bond acceptors (Lipinski definition) is 5. The highest BCUT2D eigenvalue weighted by Gasteiger charge is 2.16. The summed E-state index contributed by atoms with van der Waals surface area (Å²) in [4.78, 5) is 26.5. The second-order valence-electron chi connectivity index (χ2n) is 4.79. The summed E-state index contributed by atoms with van der Waals surface area (Å²) < 4.78 is 0. The number of anilines is 1. The van der Waals surface area contributed by atoms with Gasteiger partial charge in [-0.1, -0.05) is 11.6 Å². The number of carbonyl (C=O) groups is 1. The van der Waals surface area contributed by atoms with E-state index in [1.807, 2.05) is 0 Å². The molecule has 3 rings (SSSR count). The van der Waals surface area contributed by atoms with Crippen molar-refractivity contribution in [2.24, 2.45) is 0 Å². The molecule has 0 bridgehead atoms. The summed E-state index contributed by atoms with van der Waals surface area (Å²) in [5.41, 5.74) is 1.15. The van der Waals surface area contributed by atoms with Crippen LogP contribution >= 0.6 is 11.6 Å². The average molecular weight is 344 g/mol. The summed E-state index contributed by atoms with van der Waals surface area (Å²) in [5.74, 6) is 0.0747. The molecule has 0 aliphatic rings. The molecule has 9 heteroatoms. The van der Waals surface area contributed by atoms with Crippen LogP contribution in [-0.2, 0) is 0 Å². The van der Waals surface area contributed by atoms with Gasteiger partial charge in [0.05, 0.1) is 15.5 Å². The zero-order valence-corrected chi connectivity index (χ0v) is 12.8. The smallest absolute Gasteiger partial charge is 0.270 e. The molecule has 0 spiro atoms. The molecule has 1 aromatic heterocycles. The van der Waals surface area contributed by atoms with Crippen molar-refractivity contribution in [3.63, 3.8) is 0 Å². The van der Waals surface area contributed by atoms with Crippen molar-refractivity contribution in [3.8, 4) is 11.4 Å². The lowest BCUT2D eigenvalue weighted by atomic mass is 10.1. The van der Waals surface area contributed by atoms with E-state index in [2.05, 4.69) is 20.5 Å². The molecule has 3 aromatic rings. The highest BCUT2D eigenvalue weighted by molar-refractivity contribution is 6.34. The van der Waals surface area contributed by atoms with Crippen molar-refractivity contribution < 1.29 is 9.72 Å². The number of aromatic nitrogens is 3. The molecule has 0 aliphatic heterocycles. The van der Waals surface area contributed by atoms with Gasteiger partial charge in [0, 0.05) is 23.4 Å². The molecule has 0 atom stereocenters. The number of H-pyrrole nitrogens is 1. The maximum Gasteiger partial charge on any atom is 0.270 e. The predicted octanol–water partition coefficient (Wildman–Crippen LogP) is 3.29. The van der Waals surface area contributed by atoms with Crippen molar-refractivity contribution in [1.82, 2.24) is 15.2 Å². The van der Waals surface area contributed by atoms with Crippen LogP contribution in [0.3, 0.4) is 0 Å². The van der Waals surface area contributed by atoms with Gasteiger partial charge in [-0.15, -0.1) is 0 Å². The molecule has 1 amide bonds. The molecule has 24 heavy (non-hydrogen) atoms. The molecule has 0 radical (unpaired) electrons. The van der Waals surface area contributed by atoms with Crippen LogP contribution in [0.15, 0.2) is 48.8 Å². The van der Waals surface area contributed by atoms with Gasteiger partial charge >= 0.3 is 0 Å². The number of halogens is 1. The van der Waals surface area contributed by atoms with E-state index < -0.39 is 10.8 Å². The largest absolute Gasteiger partial charge is 0.322 e. The number of nitrogens with one attached hydrogen (secondary N) is 2. The second kappa shape index (κ2) is 6.47. The average Bonchev–Trinajstić information content (AvgIpc) is 3.10. The topological polar surface area (TPSA) is 114 Å². The van der Waals surface area contributed by atoms with E-state index >= 15 is 0 Å². The molecule has 120 valence electrons. The number of non-ortho nitro benzene ring substituents is 1. The van der Waals surface area contributed by atoms with Crippen LogP contribution in [0, 0.1) is 10.1 Å². The maximum absolute atomic E-state index is 12.3. The molecular formula is C15H10ClN5O3. The van der Waals surface area contributed by atoms with Gasteiger partial charge in [-0.25, -0.2) is 4.98 Å². The van der Waals surface area contributed by atoms with E-state index in [0.717, 1.165) is 11.6 Å². The fourth-order valence-corrected chi connectivity index (χ4v) is 2.26. The number of carbonyl (C=O) groups excluding carboxylic acids is 1. The molecule has 2 N–H and O–H groups in total. The van der Waals surface area contributed by atoms with Gasteiger partial charge in [-0.05, 0) is 30.3 Å². The van der Waals surface area contributed by atoms with E-state index in [1.54, 1.807) is 24.3 Å². The number of hydrogen-bond donors (Lipinski definition) is 2. The van der Waals surface area contributed by atoms with Gasteiger partial charge in [0.15, 0.2) is 5.82 Å². The molecule has 0 aliphatic carbocycles. The first-order valence-electron chi connectivity index (χ1n) is 6.75. The fourth-order valence-electron chi connectivity index (χ4n) is 2.06. The zero-order chi connectivity index (χ0) is 17.1. The summed E-state index contributed by atoms with van der Waals surface area (Å²) >= 11 is 5.95. The molecule has 8 nitrogen and oxygen atoms in total. The van der Waals surface area contributed by atoms with E-state index in [4.69, 9.17) is 11.6 Å². The molecular weight excluding hydrogens is 334 g/mol. The van der Waals surface area contributed by atoms with Crippen molar-refractivity contribution in [2.75, 3.05) is 5.32 Å². The Hall–Kier alpha value is -3.26. The third-order valence-corrected chi connectivity index (χ3v) is 3.57. The van der Waals surface area contributed by atoms with Crippen molar-refractivity contribution in [1.29, 1.82) is 0 Å². The van der Waals surface area contributed by atoms with Crippen LogP contribution in [0.1, 0.15) is 10.4 Å². The molecule has 0 saturated carbocycles. The number of nitrogens with zero attached hydrogens (tertiary/aromatic N) is 3. The lowest BCUT2D eigenvalue weighted by molar-refractivity contribution is -0.384. The van der Waals surface area contributed by atoms with Gasteiger partial charge in [0.1, 0.15) is 6.33 Å². The summed E-state index contributed by atoms with van der Waals surface area (Å²) in [7, 11) is 0. The third-order valence-electron chi connectivity index (χ3n) is 3.24. The Morgan fingerprint density at radius 1 is 1.21 bits per heavy atom. The summed E-state index contributed by atoms with van der Waals surface area (Å²) in [6.45, 7) is 0. The maximum atomic E-state index is 12.3. The number of nitro benzene ring substituents is 1. The predicted molar refractivity (Wildman–Crippen MR) is 87.9 cm³/mol. The Morgan fingerprint density at radius 2 is 1.96 bits per heavy atom. The fraction of sp³-hybridized carbons (Fsp3) is 0. The first-order valence-corrected chi connectivity index (χ1v) is 7.13. The van der Waals surface area contributed by atoms with Gasteiger partial charge < -0.3 is 5.32 Å². The summed E-state index contributed by atoms with van der Waals surface area (Å²) in [5, 5.41) is 20.1. The Morgan fingerprint density at radius 3 is 2.58 bits per heavy atom. The minimum absolute atomic E-state index is 0.0326. The standard InChI is InChI=1S/C15H10ClN5O3/c16-13-6-5-11(21(23)24)7-12(13)15(22)19-10-3-1-9(2-4-10)14-17-8-18-20-14/h1-8H,(H,19,22)(H,17,18,20). The minimum atomic E-state index is -0.584. The lowest BCUT2D eigenvalue weighted by Gasteiger charge is -2.07. The van der Waals surface area contributed by atoms with Crippen LogP contribution in [0.5, 0.6) is 0 Å². The van der Waals surface area contributed by atoms with Gasteiger partial charge in [-0.3, -0.25) is 20.0 Å². The molecule has 1 heterocycles. The first-order chi connectivity index (χ1) is 11.5. The highest BCUT2D eigenvalue weighted by Crippen LogP contribution is 2.24. The number of rotatable bonds is 4. The van der Waals surface area contributed by atoms with Gasteiger partial charge in [0.25, 0.3) is 11.6 Å². The number of amides is 1. The number of nitro groups is 1. The van der Waals surface area contributed by atoms with Crippen molar-refractivity contribution in [2.45, 2.75) is 0 Å². The normalized spacial score (nSPS) is 10.4. The van der Waals surface area contributed by atoms with Crippen LogP contribution < -0.4 is 5.32 Å². The quantitative estimate of drug-likeness (QED) is 0.557. The Kier molecular flexibility index (Phi) is 4.21. The monoisotopic (exact) mass is 343 g/mol. The van der Waals surface area contributed by atoms with Crippen LogP contribution in [-0.4, -0.2) is 26.0 Å². The van der Waals surface area contributed by atoms with Gasteiger partial charge in [0.2, 0.25) is 0 Å². The van der Waals surface area contributed by atoms with E-state index in [0.29, 0.717) is 11.5 Å². The summed E-state index contributed by atoms with van der Waals surface area (Å²) in [6, 6.07) is 10.6. The van der Waals surface area contributed by atoms with E-state index in [9.17, 15) is 14.9 Å². The number of aromatic amines is 1. The molecule has 0 unspecified atom stereocenters. The molecule has 0 saturated heterocycles. The van der Waals surface area contributed by atoms with Crippen LogP contribution in [0.25, 0.3) is 11.4 Å². The SMILES string of the molecule is O=C(Nc1ccc(-c2ncn[nH]2)cc1)c1cc([N+](=O)[O-])ccc1Cl. The van der Waals surface area contributed by atoms with Crippen LogP contribution in [0.2, 0.25) is 5.02 Å². The molecule has 0 fully saturated rings. The second-order valence-corrected chi connectivity index (χ2v) is 5.19. The molecule has 2 aromatic carbocycles. The van der Waals surface area contributed by atoms with E-state index in [1.165, 1.54) is 18.5 Å². The Balaban J connectivity index is 1.80. The van der Waals surface area contributed by atoms with Crippen molar-refractivity contribution in [3.05, 3.63) is 69.5 Å². The van der Waals surface area contributed by atoms with Crippen molar-refractivity contribution >= 4 is 28.9 Å². The van der Waals surface area contributed by atoms with Gasteiger partial charge in [-0.2, -0.15) is 5.10 Å². The zero-order valence-electron chi connectivity index (χ0n) is 12.1.